The molecule has 1 saturated heterocycles. The highest BCUT2D eigenvalue weighted by atomic mass is 32.2. The van der Waals surface area contributed by atoms with Crippen LogP contribution in [0.4, 0.5) is 0 Å². The highest BCUT2D eigenvalue weighted by Crippen LogP contribution is 2.14. The van der Waals surface area contributed by atoms with E-state index in [0.717, 1.165) is 12.8 Å². The number of hydrogen-bond acceptors (Lipinski definition) is 4. The van der Waals surface area contributed by atoms with Gasteiger partial charge in [-0.1, -0.05) is 0 Å². The zero-order chi connectivity index (χ0) is 13.6. The number of hydrogen-bond donors (Lipinski definition) is 2. The summed E-state index contributed by atoms with van der Waals surface area (Å²) in [5, 5.41) is 10.5. The molecule has 7 nitrogen and oxygen atoms in total. The molecule has 0 bridgehead atoms. The van der Waals surface area contributed by atoms with Crippen LogP contribution in [0.15, 0.2) is 0 Å². The number of carbonyl (C=O) groups is 2. The van der Waals surface area contributed by atoms with Gasteiger partial charge in [-0.2, -0.15) is 0 Å². The molecule has 1 aliphatic heterocycles. The number of carboxylic acids is 1. The van der Waals surface area contributed by atoms with E-state index in [4.69, 9.17) is 5.11 Å². The number of rotatable bonds is 7. The first kappa shape index (κ1) is 14.9. The molecule has 8 heteroatoms. The highest BCUT2D eigenvalue weighted by molar-refractivity contribution is 7.89. The van der Waals surface area contributed by atoms with Crippen LogP contribution < -0.4 is 5.32 Å². The highest BCUT2D eigenvalue weighted by Gasteiger charge is 2.24. The van der Waals surface area contributed by atoms with Crippen LogP contribution in [-0.4, -0.2) is 55.1 Å². The third-order valence-electron chi connectivity index (χ3n) is 2.70. The quantitative estimate of drug-likeness (QED) is 0.646. The molecular weight excluding hydrogens is 260 g/mol. The fourth-order valence-electron chi connectivity index (χ4n) is 1.77. The first-order valence-corrected chi connectivity index (χ1v) is 7.49. The molecule has 0 aromatic carbocycles. The molecule has 0 atom stereocenters. The van der Waals surface area contributed by atoms with E-state index in [1.165, 1.54) is 4.31 Å². The van der Waals surface area contributed by atoms with E-state index < -0.39 is 28.4 Å². The number of amides is 1. The van der Waals surface area contributed by atoms with Gasteiger partial charge in [0.2, 0.25) is 15.9 Å². The second kappa shape index (κ2) is 6.69. The Morgan fingerprint density at radius 1 is 1.22 bits per heavy atom. The summed E-state index contributed by atoms with van der Waals surface area (Å²) >= 11 is 0. The second-order valence-electron chi connectivity index (χ2n) is 4.20. The van der Waals surface area contributed by atoms with Crippen LogP contribution in [-0.2, 0) is 19.6 Å². The Hall–Kier alpha value is -1.15. The second-order valence-corrected chi connectivity index (χ2v) is 6.28. The Morgan fingerprint density at radius 3 is 2.39 bits per heavy atom. The number of sulfonamides is 1. The molecule has 1 heterocycles. The summed E-state index contributed by atoms with van der Waals surface area (Å²) < 4.78 is 25.0. The van der Waals surface area contributed by atoms with Gasteiger partial charge in [0.25, 0.3) is 0 Å². The van der Waals surface area contributed by atoms with E-state index in [1.807, 2.05) is 0 Å². The monoisotopic (exact) mass is 278 g/mol. The molecule has 18 heavy (non-hydrogen) atoms. The van der Waals surface area contributed by atoms with Crippen molar-refractivity contribution in [2.75, 3.05) is 25.4 Å². The van der Waals surface area contributed by atoms with Crippen LogP contribution >= 0.6 is 0 Å². The summed E-state index contributed by atoms with van der Waals surface area (Å²) in [4.78, 5) is 21.4. The lowest BCUT2D eigenvalue weighted by atomic mass is 10.3. The van der Waals surface area contributed by atoms with Crippen molar-refractivity contribution < 1.29 is 23.1 Å². The summed E-state index contributed by atoms with van der Waals surface area (Å²) in [6.45, 7) is 0.693. The molecule has 0 spiro atoms. The molecule has 1 fully saturated rings. The molecule has 1 amide bonds. The maximum atomic E-state index is 11.8. The van der Waals surface area contributed by atoms with Gasteiger partial charge in [-0.05, 0) is 19.3 Å². The van der Waals surface area contributed by atoms with Crippen LogP contribution in [0.1, 0.15) is 25.7 Å². The van der Waals surface area contributed by atoms with Gasteiger partial charge < -0.3 is 10.4 Å². The van der Waals surface area contributed by atoms with E-state index in [-0.39, 0.29) is 18.6 Å². The zero-order valence-electron chi connectivity index (χ0n) is 10.1. The van der Waals surface area contributed by atoms with E-state index in [9.17, 15) is 18.0 Å². The van der Waals surface area contributed by atoms with Gasteiger partial charge in [-0.25, -0.2) is 12.7 Å². The Kier molecular flexibility index (Phi) is 5.54. The number of carboxylic acid groups (broad SMARTS) is 1. The minimum Gasteiger partial charge on any atom is -0.480 e. The smallest absolute Gasteiger partial charge is 0.322 e. The Morgan fingerprint density at radius 2 is 1.83 bits per heavy atom. The van der Waals surface area contributed by atoms with Crippen LogP contribution in [0.2, 0.25) is 0 Å². The maximum absolute atomic E-state index is 11.8. The van der Waals surface area contributed by atoms with Crippen LogP contribution in [0, 0.1) is 0 Å². The summed E-state index contributed by atoms with van der Waals surface area (Å²) in [7, 11) is -3.25. The zero-order valence-corrected chi connectivity index (χ0v) is 10.9. The SMILES string of the molecule is O=C(O)CNC(=O)CCCS(=O)(=O)N1CCCC1. The predicted molar refractivity (Wildman–Crippen MR) is 64.5 cm³/mol. The molecular formula is C10H18N2O5S. The first-order valence-electron chi connectivity index (χ1n) is 5.88. The molecule has 0 aromatic rings. The van der Waals surface area contributed by atoms with Gasteiger partial charge >= 0.3 is 5.97 Å². The summed E-state index contributed by atoms with van der Waals surface area (Å²) in [6, 6.07) is 0. The fourth-order valence-corrected chi connectivity index (χ4v) is 3.35. The molecule has 0 unspecified atom stereocenters. The van der Waals surface area contributed by atoms with Gasteiger partial charge in [0.05, 0.1) is 5.75 Å². The van der Waals surface area contributed by atoms with Gasteiger partial charge in [-0.15, -0.1) is 0 Å². The van der Waals surface area contributed by atoms with Gasteiger partial charge in [0, 0.05) is 19.5 Å². The topological polar surface area (TPSA) is 104 Å². The number of carbonyl (C=O) groups excluding carboxylic acids is 1. The van der Waals surface area contributed by atoms with Crippen LogP contribution in [0.3, 0.4) is 0 Å². The third-order valence-corrected chi connectivity index (χ3v) is 4.66. The number of nitrogens with zero attached hydrogens (tertiary/aromatic N) is 1. The Bertz CT molecular complexity index is 400. The molecule has 1 aliphatic rings. The molecule has 2 N–H and O–H groups in total. The lowest BCUT2D eigenvalue weighted by molar-refractivity contribution is -0.137. The van der Waals surface area contributed by atoms with Crippen molar-refractivity contribution >= 4 is 21.9 Å². The largest absolute Gasteiger partial charge is 0.480 e. The average Bonchev–Trinajstić information content (AvgIpc) is 2.80. The minimum absolute atomic E-state index is 0.0281. The Labute approximate surface area is 106 Å². The van der Waals surface area contributed by atoms with E-state index in [2.05, 4.69) is 5.32 Å². The lowest BCUT2D eigenvalue weighted by Crippen LogP contribution is -2.32. The van der Waals surface area contributed by atoms with Crippen molar-refractivity contribution in [3.05, 3.63) is 0 Å². The number of aliphatic carboxylic acids is 1. The molecule has 0 saturated carbocycles. The van der Waals surface area contributed by atoms with Crippen molar-refractivity contribution in [3.8, 4) is 0 Å². The van der Waals surface area contributed by atoms with Crippen LogP contribution in [0.25, 0.3) is 0 Å². The van der Waals surface area contributed by atoms with Crippen molar-refractivity contribution in [2.24, 2.45) is 0 Å². The molecule has 1 rings (SSSR count). The molecule has 0 aromatic heterocycles. The maximum Gasteiger partial charge on any atom is 0.322 e. The van der Waals surface area contributed by atoms with Gasteiger partial charge in [0.1, 0.15) is 6.54 Å². The van der Waals surface area contributed by atoms with Crippen molar-refractivity contribution in [1.82, 2.24) is 9.62 Å². The average molecular weight is 278 g/mol. The lowest BCUT2D eigenvalue weighted by Gasteiger charge is -2.14. The van der Waals surface area contributed by atoms with Crippen molar-refractivity contribution in [2.45, 2.75) is 25.7 Å². The first-order chi connectivity index (χ1) is 8.42. The Balaban J connectivity index is 2.24. The summed E-state index contributed by atoms with van der Waals surface area (Å²) in [5.74, 6) is -1.62. The molecule has 0 radical (unpaired) electrons. The van der Waals surface area contributed by atoms with Gasteiger partial charge in [0.15, 0.2) is 0 Å². The van der Waals surface area contributed by atoms with Crippen LogP contribution in [0.5, 0.6) is 0 Å². The number of nitrogens with one attached hydrogen (secondary N) is 1. The molecule has 0 aliphatic carbocycles. The minimum atomic E-state index is -3.25. The van der Waals surface area contributed by atoms with E-state index in [1.54, 1.807) is 0 Å². The standard InChI is InChI=1S/C10H18N2O5S/c13-9(11-8-10(14)15)4-3-7-18(16,17)12-5-1-2-6-12/h1-8H2,(H,11,13)(H,14,15). The van der Waals surface area contributed by atoms with Crippen molar-refractivity contribution in [3.63, 3.8) is 0 Å². The fraction of sp³-hybridized carbons (Fsp3) is 0.800. The van der Waals surface area contributed by atoms with E-state index in [0.29, 0.717) is 13.1 Å². The summed E-state index contributed by atoms with van der Waals surface area (Å²) in [5.41, 5.74) is 0. The summed E-state index contributed by atoms with van der Waals surface area (Å²) in [6.07, 6.45) is 2.02. The van der Waals surface area contributed by atoms with Crippen molar-refractivity contribution in [1.29, 1.82) is 0 Å². The normalized spacial score (nSPS) is 16.7. The van der Waals surface area contributed by atoms with E-state index >= 15 is 0 Å². The third kappa shape index (κ3) is 5.01. The van der Waals surface area contributed by atoms with Gasteiger partial charge in [-0.3, -0.25) is 9.59 Å². The molecule has 104 valence electrons. The predicted octanol–water partition coefficient (Wildman–Crippen LogP) is -0.607.